The summed E-state index contributed by atoms with van der Waals surface area (Å²) in [7, 11) is 0. The van der Waals surface area contributed by atoms with E-state index in [4.69, 9.17) is 4.74 Å². The van der Waals surface area contributed by atoms with Gasteiger partial charge in [-0.25, -0.2) is 0 Å². The molecule has 1 aliphatic rings. The third kappa shape index (κ3) is 3.86. The number of aromatic amines is 1. The van der Waals surface area contributed by atoms with Crippen LogP contribution < -0.4 is 9.64 Å². The number of aliphatic hydroxyl groups is 1. The summed E-state index contributed by atoms with van der Waals surface area (Å²) in [6.07, 6.45) is 1.78. The number of fused-ring (bicyclic) bond motifs is 1. The summed E-state index contributed by atoms with van der Waals surface area (Å²) in [5, 5.41) is 20.3. The molecule has 1 atom stereocenters. The van der Waals surface area contributed by atoms with Crippen LogP contribution in [0.4, 0.5) is 5.69 Å². The number of carbonyl (C=O) groups is 1. The third-order valence-electron chi connectivity index (χ3n) is 5.67. The Bertz CT molecular complexity index is 1020. The number of nitrogens with zero attached hydrogens (tertiary/aromatic N) is 2. The number of hydrogen-bond acceptors (Lipinski definition) is 5. The molecule has 3 N–H and O–H groups in total. The van der Waals surface area contributed by atoms with E-state index in [1.54, 1.807) is 6.20 Å². The van der Waals surface area contributed by atoms with E-state index in [2.05, 4.69) is 9.88 Å². The average Bonchev–Trinajstić information content (AvgIpc) is 3.17. The van der Waals surface area contributed by atoms with E-state index in [1.807, 2.05) is 54.3 Å². The number of carboxylic acid groups (broad SMARTS) is 1. The number of anilines is 1. The minimum Gasteiger partial charge on any atom is -0.492 e. The molecule has 1 aromatic heterocycles. The highest BCUT2D eigenvalue weighted by atomic mass is 16.5. The van der Waals surface area contributed by atoms with E-state index < -0.39 is 12.0 Å². The smallest absolute Gasteiger partial charge is 0.325 e. The molecule has 1 aliphatic heterocycles. The van der Waals surface area contributed by atoms with Gasteiger partial charge < -0.3 is 24.8 Å². The minimum absolute atomic E-state index is 0.0438. The first-order valence-corrected chi connectivity index (χ1v) is 10.3. The van der Waals surface area contributed by atoms with Gasteiger partial charge in [0.05, 0.1) is 18.9 Å². The monoisotopic (exact) mass is 409 g/mol. The van der Waals surface area contributed by atoms with Crippen LogP contribution in [0.15, 0.2) is 48.7 Å². The Hall–Kier alpha value is -3.03. The highest BCUT2D eigenvalue weighted by Crippen LogP contribution is 2.33. The van der Waals surface area contributed by atoms with Gasteiger partial charge >= 0.3 is 5.97 Å². The van der Waals surface area contributed by atoms with Crippen molar-refractivity contribution in [3.63, 3.8) is 0 Å². The first-order chi connectivity index (χ1) is 14.6. The SMILES string of the molecule is CCOc1ccccc1N1CCN([C@@H](C(=O)O)c2c[nH]c3cc(CO)ccc23)CC1. The molecule has 0 unspecified atom stereocenters. The molecular weight excluding hydrogens is 382 g/mol. The maximum absolute atomic E-state index is 12.2. The second-order valence-electron chi connectivity index (χ2n) is 7.45. The molecule has 0 amide bonds. The number of hydrogen-bond donors (Lipinski definition) is 3. The molecule has 0 spiro atoms. The summed E-state index contributed by atoms with van der Waals surface area (Å²) < 4.78 is 5.76. The van der Waals surface area contributed by atoms with Gasteiger partial charge in [-0.2, -0.15) is 0 Å². The molecule has 1 fully saturated rings. The third-order valence-corrected chi connectivity index (χ3v) is 5.67. The van der Waals surface area contributed by atoms with Crippen molar-refractivity contribution in [2.24, 2.45) is 0 Å². The van der Waals surface area contributed by atoms with E-state index in [1.165, 1.54) is 0 Å². The van der Waals surface area contributed by atoms with Crippen molar-refractivity contribution in [2.45, 2.75) is 19.6 Å². The predicted octanol–water partition coefficient (Wildman–Crippen LogP) is 3.01. The standard InChI is InChI=1S/C23H27N3O4/c1-2-30-21-6-4-3-5-20(21)25-9-11-26(12-10-25)22(23(28)29)18-14-24-19-13-16(15-27)7-8-17(18)19/h3-8,13-14,22,24,27H,2,9-12,15H2,1H3,(H,28,29)/t22-/m1/s1. The number of aliphatic hydroxyl groups excluding tert-OH is 1. The van der Waals surface area contributed by atoms with Gasteiger partial charge in [0.15, 0.2) is 0 Å². The van der Waals surface area contributed by atoms with Crippen LogP contribution in [-0.4, -0.2) is 58.9 Å². The summed E-state index contributed by atoms with van der Waals surface area (Å²) >= 11 is 0. The van der Waals surface area contributed by atoms with Crippen molar-refractivity contribution in [3.05, 3.63) is 59.8 Å². The fraction of sp³-hybridized carbons (Fsp3) is 0.348. The fourth-order valence-electron chi connectivity index (χ4n) is 4.22. The largest absolute Gasteiger partial charge is 0.492 e. The molecule has 2 heterocycles. The fourth-order valence-corrected chi connectivity index (χ4v) is 4.22. The average molecular weight is 409 g/mol. The molecule has 7 nitrogen and oxygen atoms in total. The van der Waals surface area contributed by atoms with Crippen molar-refractivity contribution in [1.29, 1.82) is 0 Å². The zero-order valence-corrected chi connectivity index (χ0v) is 17.0. The number of benzene rings is 2. The lowest BCUT2D eigenvalue weighted by Gasteiger charge is -2.39. The molecule has 0 radical (unpaired) electrons. The molecule has 0 saturated carbocycles. The molecule has 7 heteroatoms. The second kappa shape index (κ2) is 8.77. The summed E-state index contributed by atoms with van der Waals surface area (Å²) in [4.78, 5) is 19.7. The molecule has 1 saturated heterocycles. The van der Waals surface area contributed by atoms with E-state index in [-0.39, 0.29) is 6.61 Å². The number of carboxylic acids is 1. The summed E-state index contributed by atoms with van der Waals surface area (Å²) in [6, 6.07) is 12.8. The Morgan fingerprint density at radius 2 is 1.93 bits per heavy atom. The van der Waals surface area contributed by atoms with Gasteiger partial charge in [0.1, 0.15) is 11.8 Å². The molecule has 0 aliphatic carbocycles. The Morgan fingerprint density at radius 1 is 1.17 bits per heavy atom. The van der Waals surface area contributed by atoms with Gasteiger partial charge in [0.2, 0.25) is 0 Å². The van der Waals surface area contributed by atoms with Crippen LogP contribution >= 0.6 is 0 Å². The van der Waals surface area contributed by atoms with Crippen molar-refractivity contribution in [2.75, 3.05) is 37.7 Å². The lowest BCUT2D eigenvalue weighted by molar-refractivity contribution is -0.143. The highest BCUT2D eigenvalue weighted by Gasteiger charge is 2.32. The zero-order valence-electron chi connectivity index (χ0n) is 17.0. The molecule has 3 aromatic rings. The Labute approximate surface area is 175 Å². The van der Waals surface area contributed by atoms with E-state index in [0.29, 0.717) is 19.7 Å². The van der Waals surface area contributed by atoms with Crippen LogP contribution in [0, 0.1) is 0 Å². The van der Waals surface area contributed by atoms with Crippen LogP contribution in [0.25, 0.3) is 10.9 Å². The maximum Gasteiger partial charge on any atom is 0.325 e. The normalized spacial score (nSPS) is 16.0. The van der Waals surface area contributed by atoms with Crippen molar-refractivity contribution >= 4 is 22.6 Å². The topological polar surface area (TPSA) is 89.0 Å². The second-order valence-corrected chi connectivity index (χ2v) is 7.45. The Balaban J connectivity index is 1.55. The minimum atomic E-state index is -0.856. The number of piperazine rings is 1. The maximum atomic E-state index is 12.2. The lowest BCUT2D eigenvalue weighted by Crippen LogP contribution is -2.49. The summed E-state index contributed by atoms with van der Waals surface area (Å²) in [6.45, 7) is 5.26. The lowest BCUT2D eigenvalue weighted by atomic mass is 10.0. The quantitative estimate of drug-likeness (QED) is 0.556. The first kappa shape index (κ1) is 20.3. The van der Waals surface area contributed by atoms with Crippen LogP contribution in [0.5, 0.6) is 5.75 Å². The first-order valence-electron chi connectivity index (χ1n) is 10.3. The van der Waals surface area contributed by atoms with Gasteiger partial charge in [-0.3, -0.25) is 9.69 Å². The van der Waals surface area contributed by atoms with E-state index in [0.717, 1.165) is 46.6 Å². The number of para-hydroxylation sites is 2. The van der Waals surface area contributed by atoms with Crippen LogP contribution in [0.2, 0.25) is 0 Å². The number of aliphatic carboxylic acids is 1. The van der Waals surface area contributed by atoms with Crippen molar-refractivity contribution < 1.29 is 19.7 Å². The Kier molecular flexibility index (Phi) is 5.92. The zero-order chi connectivity index (χ0) is 21.1. The van der Waals surface area contributed by atoms with Crippen molar-refractivity contribution in [3.8, 4) is 5.75 Å². The molecule has 2 aromatic carbocycles. The van der Waals surface area contributed by atoms with E-state index >= 15 is 0 Å². The van der Waals surface area contributed by atoms with Gasteiger partial charge in [0.25, 0.3) is 0 Å². The molecular formula is C23H27N3O4. The molecule has 0 bridgehead atoms. The number of rotatable bonds is 7. The van der Waals surface area contributed by atoms with E-state index in [9.17, 15) is 15.0 Å². The molecule has 158 valence electrons. The molecule has 30 heavy (non-hydrogen) atoms. The summed E-state index contributed by atoms with van der Waals surface area (Å²) in [5.41, 5.74) is 3.44. The van der Waals surface area contributed by atoms with Crippen LogP contribution in [0.3, 0.4) is 0 Å². The number of H-pyrrole nitrogens is 1. The number of ether oxygens (including phenoxy) is 1. The van der Waals surface area contributed by atoms with Gasteiger partial charge in [-0.15, -0.1) is 0 Å². The Morgan fingerprint density at radius 3 is 2.63 bits per heavy atom. The summed E-state index contributed by atoms with van der Waals surface area (Å²) in [5.74, 6) is 0.00449. The van der Waals surface area contributed by atoms with Gasteiger partial charge in [-0.1, -0.05) is 24.3 Å². The predicted molar refractivity (Wildman–Crippen MR) is 116 cm³/mol. The number of nitrogens with one attached hydrogen (secondary N) is 1. The molecule has 4 rings (SSSR count). The van der Waals surface area contributed by atoms with Crippen LogP contribution in [0.1, 0.15) is 24.1 Å². The van der Waals surface area contributed by atoms with Crippen molar-refractivity contribution in [1.82, 2.24) is 9.88 Å². The highest BCUT2D eigenvalue weighted by molar-refractivity contribution is 5.89. The van der Waals surface area contributed by atoms with Gasteiger partial charge in [0, 0.05) is 48.8 Å². The van der Waals surface area contributed by atoms with Crippen LogP contribution in [-0.2, 0) is 11.4 Å². The number of aromatic nitrogens is 1. The van der Waals surface area contributed by atoms with Gasteiger partial charge in [-0.05, 0) is 30.7 Å².